The molecule has 1 saturated heterocycles. The molecule has 3 atom stereocenters. The number of amides is 2. The van der Waals surface area contributed by atoms with Gasteiger partial charge in [0.2, 0.25) is 5.91 Å². The van der Waals surface area contributed by atoms with Gasteiger partial charge in [-0.25, -0.2) is 4.79 Å². The van der Waals surface area contributed by atoms with E-state index in [-0.39, 0.29) is 11.6 Å². The predicted octanol–water partition coefficient (Wildman–Crippen LogP) is 1.86. The number of hydrogen-bond acceptors (Lipinski definition) is 9. The Morgan fingerprint density at radius 2 is 2.22 bits per heavy atom. The van der Waals surface area contributed by atoms with Crippen molar-refractivity contribution in [2.45, 2.75) is 36.1 Å². The number of carboxylic acids is 1. The first kappa shape index (κ1) is 23.1. The van der Waals surface area contributed by atoms with Crippen LogP contribution in [0.4, 0.5) is 0 Å². The molecule has 4 rings (SSSR count). The van der Waals surface area contributed by atoms with E-state index in [0.29, 0.717) is 28.6 Å². The molecular weight excluding hydrogens is 496 g/mol. The molecule has 0 saturated carbocycles. The summed E-state index contributed by atoms with van der Waals surface area (Å²) in [5, 5.41) is 25.4. The fraction of sp³-hybridized carbons (Fsp3) is 0.444. The Hall–Kier alpha value is -2.09. The van der Waals surface area contributed by atoms with Gasteiger partial charge in [-0.1, -0.05) is 41.6 Å². The van der Waals surface area contributed by atoms with E-state index in [4.69, 9.17) is 11.6 Å². The topological polar surface area (TPSA) is 130 Å². The summed E-state index contributed by atoms with van der Waals surface area (Å²) in [6.07, 6.45) is 3.10. The zero-order valence-electron chi connectivity index (χ0n) is 17.0. The third-order valence-electron chi connectivity index (χ3n) is 4.94. The number of thioether (sulfide) groups is 2. The number of carboxylic acid groups (broad SMARTS) is 1. The highest BCUT2D eigenvalue weighted by Crippen LogP contribution is 2.41. The van der Waals surface area contributed by atoms with Crippen molar-refractivity contribution >= 4 is 64.2 Å². The molecule has 170 valence electrons. The van der Waals surface area contributed by atoms with Gasteiger partial charge in [-0.2, -0.15) is 5.10 Å². The Balaban J connectivity index is 1.41. The Morgan fingerprint density at radius 1 is 1.44 bits per heavy atom. The van der Waals surface area contributed by atoms with E-state index in [1.54, 1.807) is 17.8 Å². The SMILES string of the molecule is Cc1nnc(SCC2=C(C(=O)O)N3C(=O)[C@H](NC(=O)[C@@H](C)Cn4cc(Cl)cn4)[C@@H]3SC2)s1. The molecule has 0 aliphatic carbocycles. The van der Waals surface area contributed by atoms with Crippen molar-refractivity contribution in [1.29, 1.82) is 0 Å². The molecular formula is C18H19ClN6O4S3. The molecule has 2 amide bonds. The molecule has 0 radical (unpaired) electrons. The van der Waals surface area contributed by atoms with Crippen molar-refractivity contribution in [3.05, 3.63) is 33.7 Å². The lowest BCUT2D eigenvalue weighted by Crippen LogP contribution is -2.71. The van der Waals surface area contributed by atoms with Crippen LogP contribution in [0.2, 0.25) is 5.02 Å². The van der Waals surface area contributed by atoms with E-state index in [0.717, 1.165) is 9.35 Å². The number of carbonyl (C=O) groups is 3. The number of aromatic nitrogens is 4. The van der Waals surface area contributed by atoms with Gasteiger partial charge in [0.1, 0.15) is 22.1 Å². The minimum absolute atomic E-state index is 0.00258. The second-order valence-corrected chi connectivity index (χ2v) is 11.3. The van der Waals surface area contributed by atoms with Crippen LogP contribution < -0.4 is 5.32 Å². The number of halogens is 1. The number of aliphatic carboxylic acids is 1. The third-order valence-corrected chi connectivity index (χ3v) is 8.53. The van der Waals surface area contributed by atoms with Gasteiger partial charge in [-0.05, 0) is 12.5 Å². The zero-order valence-corrected chi connectivity index (χ0v) is 20.2. The minimum Gasteiger partial charge on any atom is -0.477 e. The molecule has 2 aliphatic rings. The Kier molecular flexibility index (Phi) is 6.79. The van der Waals surface area contributed by atoms with Crippen LogP contribution in [0.1, 0.15) is 11.9 Å². The van der Waals surface area contributed by atoms with Crippen LogP contribution in [-0.4, -0.2) is 70.7 Å². The lowest BCUT2D eigenvalue weighted by Gasteiger charge is -2.49. The standard InChI is InChI=1S/C18H19ClN6O4S3/c1-8(4-24-5-11(19)3-20-24)14(26)21-12-15(27)25-13(17(28)29)10(6-30-16(12)25)7-31-18-23-22-9(2)32-18/h3,5,8,12,16H,4,6-7H2,1-2H3,(H,21,26)(H,28,29)/t8-,12-,16-/m0/s1. The van der Waals surface area contributed by atoms with Crippen molar-refractivity contribution in [3.63, 3.8) is 0 Å². The van der Waals surface area contributed by atoms with Gasteiger partial charge in [0.25, 0.3) is 5.91 Å². The van der Waals surface area contributed by atoms with E-state index in [9.17, 15) is 19.5 Å². The van der Waals surface area contributed by atoms with Crippen molar-refractivity contribution in [2.75, 3.05) is 11.5 Å². The number of carbonyl (C=O) groups excluding carboxylic acids is 2. The number of β-lactam (4-membered cyclic amide) rings is 1. The number of hydrogen-bond donors (Lipinski definition) is 2. The maximum Gasteiger partial charge on any atom is 0.352 e. The molecule has 2 aromatic rings. The number of aryl methyl sites for hydroxylation is 1. The Labute approximate surface area is 200 Å². The predicted molar refractivity (Wildman–Crippen MR) is 121 cm³/mol. The van der Waals surface area contributed by atoms with Crippen molar-refractivity contribution < 1.29 is 19.5 Å². The number of rotatable bonds is 8. The highest BCUT2D eigenvalue weighted by atomic mass is 35.5. The van der Waals surface area contributed by atoms with E-state index in [1.165, 1.54) is 46.0 Å². The quantitative estimate of drug-likeness (QED) is 0.400. The fourth-order valence-electron chi connectivity index (χ4n) is 3.38. The zero-order chi connectivity index (χ0) is 23.0. The lowest BCUT2D eigenvalue weighted by molar-refractivity contribution is -0.151. The summed E-state index contributed by atoms with van der Waals surface area (Å²) < 4.78 is 2.31. The lowest BCUT2D eigenvalue weighted by atomic mass is 10.0. The van der Waals surface area contributed by atoms with Gasteiger partial charge >= 0.3 is 5.97 Å². The van der Waals surface area contributed by atoms with E-state index in [2.05, 4.69) is 20.6 Å². The smallest absolute Gasteiger partial charge is 0.352 e. The molecule has 1 fully saturated rings. The first-order valence-electron chi connectivity index (χ1n) is 9.56. The highest BCUT2D eigenvalue weighted by molar-refractivity contribution is 8.01. The largest absolute Gasteiger partial charge is 0.477 e. The van der Waals surface area contributed by atoms with Gasteiger partial charge in [0.15, 0.2) is 4.34 Å². The minimum atomic E-state index is -1.15. The van der Waals surface area contributed by atoms with Gasteiger partial charge in [-0.15, -0.1) is 22.0 Å². The summed E-state index contributed by atoms with van der Waals surface area (Å²) in [4.78, 5) is 38.6. The maximum atomic E-state index is 12.8. The normalized spacial score (nSPS) is 21.2. The van der Waals surface area contributed by atoms with Crippen LogP contribution in [0.15, 0.2) is 28.0 Å². The maximum absolute atomic E-state index is 12.8. The fourth-order valence-corrected chi connectivity index (χ4v) is 6.83. The van der Waals surface area contributed by atoms with Gasteiger partial charge in [0, 0.05) is 17.7 Å². The monoisotopic (exact) mass is 514 g/mol. The number of nitrogens with zero attached hydrogens (tertiary/aromatic N) is 5. The molecule has 2 aliphatic heterocycles. The van der Waals surface area contributed by atoms with Crippen LogP contribution in [0, 0.1) is 12.8 Å². The van der Waals surface area contributed by atoms with E-state index in [1.807, 2.05) is 6.92 Å². The van der Waals surface area contributed by atoms with Gasteiger partial charge in [0.05, 0.1) is 23.7 Å². The average Bonchev–Trinajstić information content (AvgIpc) is 3.36. The third kappa shape index (κ3) is 4.65. The summed E-state index contributed by atoms with van der Waals surface area (Å²) in [6, 6.07) is -0.759. The molecule has 0 spiro atoms. The van der Waals surface area contributed by atoms with E-state index < -0.39 is 29.2 Å². The van der Waals surface area contributed by atoms with Gasteiger partial charge in [-0.3, -0.25) is 19.2 Å². The molecule has 10 nitrogen and oxygen atoms in total. The second-order valence-electron chi connectivity index (χ2n) is 7.31. The summed E-state index contributed by atoms with van der Waals surface area (Å²) in [5.41, 5.74) is 0.649. The van der Waals surface area contributed by atoms with Crippen LogP contribution >= 0.6 is 46.5 Å². The van der Waals surface area contributed by atoms with Crippen LogP contribution in [0.3, 0.4) is 0 Å². The highest BCUT2D eigenvalue weighted by Gasteiger charge is 2.54. The molecule has 0 bridgehead atoms. The summed E-state index contributed by atoms with van der Waals surface area (Å²) >= 11 is 10.1. The molecule has 2 N–H and O–H groups in total. The molecule has 14 heteroatoms. The Bertz CT molecular complexity index is 1100. The summed E-state index contributed by atoms with van der Waals surface area (Å²) in [6.45, 7) is 3.89. The molecule has 0 unspecified atom stereocenters. The molecule has 0 aromatic carbocycles. The van der Waals surface area contributed by atoms with Crippen molar-refractivity contribution in [2.24, 2.45) is 5.92 Å². The first-order valence-corrected chi connectivity index (χ1v) is 12.8. The second kappa shape index (κ2) is 9.41. The Morgan fingerprint density at radius 3 is 2.84 bits per heavy atom. The number of nitrogens with one attached hydrogen (secondary N) is 1. The molecule has 2 aromatic heterocycles. The summed E-state index contributed by atoms with van der Waals surface area (Å²) in [7, 11) is 0. The number of fused-ring (bicyclic) bond motifs is 1. The summed E-state index contributed by atoms with van der Waals surface area (Å²) in [5.74, 6) is -1.46. The van der Waals surface area contributed by atoms with Gasteiger partial charge < -0.3 is 10.4 Å². The molecule has 32 heavy (non-hydrogen) atoms. The van der Waals surface area contributed by atoms with E-state index >= 15 is 0 Å². The first-order chi connectivity index (χ1) is 15.2. The van der Waals surface area contributed by atoms with Crippen LogP contribution in [-0.2, 0) is 20.9 Å². The molecule has 4 heterocycles. The van der Waals surface area contributed by atoms with Crippen molar-refractivity contribution in [1.82, 2.24) is 30.2 Å². The van der Waals surface area contributed by atoms with Crippen molar-refractivity contribution in [3.8, 4) is 0 Å². The average molecular weight is 515 g/mol. The van der Waals surface area contributed by atoms with Crippen LogP contribution in [0.5, 0.6) is 0 Å². The van der Waals surface area contributed by atoms with Crippen LogP contribution in [0.25, 0.3) is 0 Å².